The van der Waals surface area contributed by atoms with Gasteiger partial charge in [0, 0.05) is 25.7 Å². The van der Waals surface area contributed by atoms with Gasteiger partial charge in [-0.05, 0) is 6.42 Å². The number of alkyl halides is 1. The van der Waals surface area contributed by atoms with E-state index in [0.717, 1.165) is 4.31 Å². The molecule has 2 aliphatic heterocycles. The fraction of sp³-hybridized carbons (Fsp3) is 0.750. The number of nitrogens with two attached hydrogens (primary N) is 1. The number of carbonyl (C=O) groups is 1. The topological polar surface area (TPSA) is 124 Å². The lowest BCUT2D eigenvalue weighted by Crippen LogP contribution is -2.50. The molecular weight excluding hydrogens is 343 g/mol. The number of hydrogen-bond acceptors (Lipinski definition) is 6. The Balaban J connectivity index is 1.76. The Morgan fingerprint density at radius 1 is 1.42 bits per heavy atom. The lowest BCUT2D eigenvalue weighted by Gasteiger charge is -2.32. The van der Waals surface area contributed by atoms with Crippen molar-refractivity contribution in [3.8, 4) is 0 Å². The van der Waals surface area contributed by atoms with Gasteiger partial charge in [0.2, 0.25) is 0 Å². The third-order valence-electron chi connectivity index (χ3n) is 4.09. The normalized spacial score (nSPS) is 26.7. The number of carbonyl (C=O) groups excluding carboxylic acids is 1. The molecule has 1 amide bonds. The van der Waals surface area contributed by atoms with E-state index in [-0.39, 0.29) is 38.3 Å². The lowest BCUT2D eigenvalue weighted by atomic mass is 10.2. The van der Waals surface area contributed by atoms with Crippen LogP contribution < -0.4 is 5.73 Å². The molecule has 1 aromatic rings. The fourth-order valence-corrected chi connectivity index (χ4v) is 4.71. The molecule has 1 aromatic heterocycles. The number of amides is 1. The van der Waals surface area contributed by atoms with Gasteiger partial charge in [0.15, 0.2) is 5.69 Å². The van der Waals surface area contributed by atoms with E-state index in [0.29, 0.717) is 13.2 Å². The first kappa shape index (κ1) is 17.2. The predicted octanol–water partition coefficient (Wildman–Crippen LogP) is -1.63. The number of primary amides is 1. The molecular formula is C12H19FN6O4S. The minimum atomic E-state index is -3.78. The van der Waals surface area contributed by atoms with Gasteiger partial charge in [-0.25, -0.2) is 4.39 Å². The van der Waals surface area contributed by atoms with Crippen molar-refractivity contribution in [2.75, 3.05) is 32.8 Å². The first-order valence-corrected chi connectivity index (χ1v) is 8.96. The monoisotopic (exact) mass is 362 g/mol. The second-order valence-electron chi connectivity index (χ2n) is 5.77. The summed E-state index contributed by atoms with van der Waals surface area (Å²) in [6, 6.07) is -0.602. The van der Waals surface area contributed by atoms with E-state index >= 15 is 0 Å². The van der Waals surface area contributed by atoms with Crippen molar-refractivity contribution < 1.29 is 22.3 Å². The van der Waals surface area contributed by atoms with E-state index < -0.39 is 28.3 Å². The summed E-state index contributed by atoms with van der Waals surface area (Å²) in [5.74, 6) is -0.728. The molecule has 0 unspecified atom stereocenters. The Morgan fingerprint density at radius 2 is 2.12 bits per heavy atom. The maximum Gasteiger partial charge on any atom is 0.282 e. The van der Waals surface area contributed by atoms with Gasteiger partial charge in [0.25, 0.3) is 16.1 Å². The summed E-state index contributed by atoms with van der Waals surface area (Å²) in [6.45, 7) is 1.05. The van der Waals surface area contributed by atoms with E-state index in [1.807, 2.05) is 0 Å². The molecule has 0 spiro atoms. The van der Waals surface area contributed by atoms with Gasteiger partial charge in [0.05, 0.1) is 26.0 Å². The number of nitrogens with zero attached hydrogens (tertiary/aromatic N) is 5. The van der Waals surface area contributed by atoms with Crippen molar-refractivity contribution in [1.29, 1.82) is 0 Å². The van der Waals surface area contributed by atoms with Crippen LogP contribution in [0, 0.1) is 0 Å². The van der Waals surface area contributed by atoms with Gasteiger partial charge in [0.1, 0.15) is 6.17 Å². The molecule has 24 heavy (non-hydrogen) atoms. The molecule has 2 atom stereocenters. The van der Waals surface area contributed by atoms with Crippen LogP contribution in [0.3, 0.4) is 0 Å². The van der Waals surface area contributed by atoms with E-state index in [2.05, 4.69) is 10.3 Å². The lowest BCUT2D eigenvalue weighted by molar-refractivity contribution is 0.0696. The minimum Gasteiger partial charge on any atom is -0.379 e. The molecule has 2 aliphatic rings. The molecule has 3 rings (SSSR count). The number of ether oxygens (including phenoxy) is 1. The first-order chi connectivity index (χ1) is 11.4. The molecule has 10 nitrogen and oxygen atoms in total. The van der Waals surface area contributed by atoms with Crippen LogP contribution >= 0.6 is 0 Å². The fourth-order valence-electron chi connectivity index (χ4n) is 2.92. The van der Waals surface area contributed by atoms with Crippen molar-refractivity contribution in [3.63, 3.8) is 0 Å². The van der Waals surface area contributed by atoms with Gasteiger partial charge in [-0.1, -0.05) is 5.21 Å². The largest absolute Gasteiger partial charge is 0.379 e. The molecule has 2 N–H and O–H groups in total. The first-order valence-electron chi connectivity index (χ1n) is 7.56. The molecule has 0 aromatic carbocycles. The molecule has 0 radical (unpaired) electrons. The molecule has 0 bridgehead atoms. The Kier molecular flexibility index (Phi) is 4.80. The molecule has 0 saturated carbocycles. The highest BCUT2D eigenvalue weighted by Gasteiger charge is 2.43. The smallest absolute Gasteiger partial charge is 0.282 e. The van der Waals surface area contributed by atoms with Crippen molar-refractivity contribution in [1.82, 2.24) is 23.6 Å². The number of hydrogen-bond donors (Lipinski definition) is 1. The zero-order valence-corrected chi connectivity index (χ0v) is 13.7. The molecule has 2 fully saturated rings. The van der Waals surface area contributed by atoms with Crippen LogP contribution in [0.2, 0.25) is 0 Å². The summed E-state index contributed by atoms with van der Waals surface area (Å²) in [4.78, 5) is 11.1. The van der Waals surface area contributed by atoms with Crippen LogP contribution in [0.5, 0.6) is 0 Å². The quantitative estimate of drug-likeness (QED) is 0.670. The van der Waals surface area contributed by atoms with Gasteiger partial charge in [-0.15, -0.1) is 5.10 Å². The van der Waals surface area contributed by atoms with Gasteiger partial charge < -0.3 is 10.5 Å². The van der Waals surface area contributed by atoms with E-state index in [1.165, 1.54) is 15.2 Å². The third kappa shape index (κ3) is 3.41. The summed E-state index contributed by atoms with van der Waals surface area (Å²) in [5, 5.41) is 7.35. The SMILES string of the molecule is NC(=O)c1cn(C[C@@H]2C[C@H](F)CN2S(=O)(=O)N2CCOCC2)nn1. The van der Waals surface area contributed by atoms with Crippen LogP contribution in [0.4, 0.5) is 4.39 Å². The minimum absolute atomic E-state index is 0.0209. The molecule has 2 saturated heterocycles. The highest BCUT2D eigenvalue weighted by molar-refractivity contribution is 7.86. The molecule has 0 aliphatic carbocycles. The van der Waals surface area contributed by atoms with Crippen LogP contribution in [-0.2, 0) is 21.5 Å². The van der Waals surface area contributed by atoms with E-state index in [4.69, 9.17) is 10.5 Å². The molecule has 12 heteroatoms. The highest BCUT2D eigenvalue weighted by Crippen LogP contribution is 2.27. The number of aromatic nitrogens is 3. The standard InChI is InChI=1S/C12H19FN6O4S/c13-9-5-10(7-17-8-11(12(14)20)15-16-17)19(6-9)24(21,22)18-1-3-23-4-2-18/h8-10H,1-7H2,(H2,14,20)/t9-,10-/m0/s1. The summed E-state index contributed by atoms with van der Waals surface area (Å²) in [5.41, 5.74) is 5.09. The molecule has 3 heterocycles. The van der Waals surface area contributed by atoms with Gasteiger partial charge >= 0.3 is 0 Å². The Bertz CT molecular complexity index is 704. The highest BCUT2D eigenvalue weighted by atomic mass is 32.2. The Hall–Kier alpha value is -1.63. The average molecular weight is 362 g/mol. The van der Waals surface area contributed by atoms with Crippen LogP contribution in [0.15, 0.2) is 6.20 Å². The predicted molar refractivity (Wildman–Crippen MR) is 79.9 cm³/mol. The summed E-state index contributed by atoms with van der Waals surface area (Å²) in [6.07, 6.45) is 0.146. The summed E-state index contributed by atoms with van der Waals surface area (Å²) < 4.78 is 48.3. The summed E-state index contributed by atoms with van der Waals surface area (Å²) in [7, 11) is -3.78. The second-order valence-corrected chi connectivity index (χ2v) is 7.65. The van der Waals surface area contributed by atoms with Crippen molar-refractivity contribution in [2.45, 2.75) is 25.2 Å². The number of halogens is 1. The number of morpholine rings is 1. The maximum absolute atomic E-state index is 13.9. The van der Waals surface area contributed by atoms with Gasteiger partial charge in [-0.3, -0.25) is 9.48 Å². The second kappa shape index (κ2) is 6.70. The Labute approximate surface area is 138 Å². The van der Waals surface area contributed by atoms with Crippen LogP contribution in [-0.4, -0.2) is 83.0 Å². The zero-order valence-electron chi connectivity index (χ0n) is 12.9. The van der Waals surface area contributed by atoms with Crippen molar-refractivity contribution in [2.24, 2.45) is 5.73 Å². The van der Waals surface area contributed by atoms with Crippen molar-refractivity contribution in [3.05, 3.63) is 11.9 Å². The zero-order chi connectivity index (χ0) is 17.3. The van der Waals surface area contributed by atoms with E-state index in [1.54, 1.807) is 0 Å². The number of rotatable bonds is 5. The van der Waals surface area contributed by atoms with Gasteiger partial charge in [-0.2, -0.15) is 17.0 Å². The molecule has 134 valence electrons. The van der Waals surface area contributed by atoms with Crippen molar-refractivity contribution >= 4 is 16.1 Å². The third-order valence-corrected chi connectivity index (χ3v) is 6.15. The van der Waals surface area contributed by atoms with E-state index in [9.17, 15) is 17.6 Å². The van der Waals surface area contributed by atoms with Crippen LogP contribution in [0.25, 0.3) is 0 Å². The average Bonchev–Trinajstić information content (AvgIpc) is 3.16. The Morgan fingerprint density at radius 3 is 2.75 bits per heavy atom. The maximum atomic E-state index is 13.9. The summed E-state index contributed by atoms with van der Waals surface area (Å²) >= 11 is 0. The van der Waals surface area contributed by atoms with Crippen LogP contribution in [0.1, 0.15) is 16.9 Å².